The molecule has 0 aromatic heterocycles. The number of hydrogen-bond acceptors (Lipinski definition) is 8. The Labute approximate surface area is 287 Å². The van der Waals surface area contributed by atoms with E-state index in [1.54, 1.807) is 50.2 Å². The summed E-state index contributed by atoms with van der Waals surface area (Å²) in [5, 5.41) is 19.9. The van der Waals surface area contributed by atoms with Gasteiger partial charge in [-0.3, -0.25) is 4.79 Å². The minimum Gasteiger partial charge on any atom is -0.487 e. The molecule has 1 aliphatic rings. The van der Waals surface area contributed by atoms with Gasteiger partial charge in [-0.25, -0.2) is 10.2 Å². The molecule has 3 aromatic carbocycles. The zero-order valence-corrected chi connectivity index (χ0v) is 28.8. The van der Waals surface area contributed by atoms with Crippen LogP contribution in [0.1, 0.15) is 42.1 Å². The minimum absolute atomic E-state index is 0.198. The number of benzene rings is 3. The van der Waals surface area contributed by atoms with Crippen molar-refractivity contribution in [1.82, 2.24) is 16.1 Å². The van der Waals surface area contributed by atoms with Gasteiger partial charge < -0.3 is 24.8 Å². The highest BCUT2D eigenvalue weighted by atomic mass is 127. The first-order chi connectivity index (χ1) is 21.2. The molecule has 1 amide bonds. The first-order valence-corrected chi connectivity index (χ1v) is 15.9. The van der Waals surface area contributed by atoms with Gasteiger partial charge in [0.05, 0.1) is 39.6 Å². The van der Waals surface area contributed by atoms with Crippen LogP contribution >= 0.6 is 57.4 Å². The van der Waals surface area contributed by atoms with E-state index in [0.29, 0.717) is 44.6 Å². The van der Waals surface area contributed by atoms with E-state index in [0.717, 1.165) is 12.7 Å². The highest BCUT2D eigenvalue weighted by molar-refractivity contribution is 14.1. The topological polar surface area (TPSA) is 134 Å². The van der Waals surface area contributed by atoms with Crippen molar-refractivity contribution in [2.75, 3.05) is 13.2 Å². The summed E-state index contributed by atoms with van der Waals surface area (Å²) in [4.78, 5) is 25.5. The summed E-state index contributed by atoms with van der Waals surface area (Å²) in [5.41, 5.74) is 6.00. The highest BCUT2D eigenvalue weighted by Gasteiger charge is 2.32. The number of carbonyl (C=O) groups is 2. The zero-order valence-electron chi connectivity index (χ0n) is 23.6. The predicted octanol–water partition coefficient (Wildman–Crippen LogP) is 5.23. The third-order valence-corrected chi connectivity index (χ3v) is 7.94. The number of rotatable bonds is 11. The van der Waals surface area contributed by atoms with E-state index >= 15 is 0 Å². The van der Waals surface area contributed by atoms with Gasteiger partial charge in [-0.05, 0) is 95.5 Å². The normalized spacial score (nSPS) is 14.3. The number of halogens is 2. The number of amides is 1. The first kappa shape index (κ1) is 33.1. The first-order valence-electron chi connectivity index (χ1n) is 13.3. The van der Waals surface area contributed by atoms with Gasteiger partial charge in [0.15, 0.2) is 11.7 Å². The van der Waals surface area contributed by atoms with E-state index in [1.807, 2.05) is 24.3 Å². The Hall–Kier alpha value is -3.75. The number of para-hydroxylation sites is 1. The van der Waals surface area contributed by atoms with Gasteiger partial charge in [0, 0.05) is 26.0 Å². The molecule has 44 heavy (non-hydrogen) atoms. The number of nitriles is 1. The number of allylic oxidation sites excluding steroid dienone is 1. The van der Waals surface area contributed by atoms with E-state index in [-0.39, 0.29) is 19.8 Å². The second kappa shape index (κ2) is 15.8. The number of esters is 1. The van der Waals surface area contributed by atoms with Crippen LogP contribution in [0.3, 0.4) is 0 Å². The Morgan fingerprint density at radius 3 is 2.66 bits per heavy atom. The molecule has 1 atom stereocenters. The van der Waals surface area contributed by atoms with Gasteiger partial charge in [0.1, 0.15) is 18.1 Å². The molecule has 0 fully saturated rings. The van der Waals surface area contributed by atoms with E-state index in [4.69, 9.17) is 26.4 Å². The molecule has 10 nitrogen and oxygen atoms in total. The molecule has 0 aliphatic carbocycles. The number of thiocarbonyl (C=S) groups is 1. The standard InChI is InChI=1S/C31H27I2N5O5S/c1-3-41-30(40)27-18(2)36-31(44)37-28(27)23-10-6-7-11-25(23)42-17-26(39)38-35-15-21-12-22(32)13-24(33)29(21)43-16-20-9-5-4-8-19(20)14-34/h4-13,15,28H,3,16-17H2,1-2H3,(H,38,39)(H2,36,37,44)/t28-/m1/s1. The van der Waals surface area contributed by atoms with E-state index in [2.05, 4.69) is 72.4 Å². The predicted molar refractivity (Wildman–Crippen MR) is 186 cm³/mol. The zero-order chi connectivity index (χ0) is 31.6. The molecule has 0 spiro atoms. The van der Waals surface area contributed by atoms with Crippen molar-refractivity contribution in [2.24, 2.45) is 5.10 Å². The molecule has 3 aromatic rings. The SMILES string of the molecule is CCOC(=O)C1=C(C)NC(=S)N[C@@H]1c1ccccc1OCC(=O)NN=Cc1cc(I)cc(I)c1OCc1ccccc1C#N. The molecule has 13 heteroatoms. The van der Waals surface area contributed by atoms with Gasteiger partial charge in [-0.15, -0.1) is 0 Å². The summed E-state index contributed by atoms with van der Waals surface area (Å²) in [5.74, 6) is -0.00540. The smallest absolute Gasteiger partial charge is 0.338 e. The number of nitrogens with zero attached hydrogens (tertiary/aromatic N) is 2. The quantitative estimate of drug-likeness (QED) is 0.0781. The van der Waals surface area contributed by atoms with Crippen molar-refractivity contribution in [3.8, 4) is 17.6 Å². The number of hydrazone groups is 1. The molecule has 0 unspecified atom stereocenters. The largest absolute Gasteiger partial charge is 0.487 e. The van der Waals surface area contributed by atoms with Crippen molar-refractivity contribution in [3.63, 3.8) is 0 Å². The Morgan fingerprint density at radius 2 is 1.89 bits per heavy atom. The van der Waals surface area contributed by atoms with Gasteiger partial charge in [0.2, 0.25) is 0 Å². The highest BCUT2D eigenvalue weighted by Crippen LogP contribution is 2.34. The van der Waals surface area contributed by atoms with Crippen LogP contribution in [0.5, 0.6) is 11.5 Å². The van der Waals surface area contributed by atoms with Crippen molar-refractivity contribution < 1.29 is 23.8 Å². The van der Waals surface area contributed by atoms with Crippen LogP contribution in [0.4, 0.5) is 0 Å². The lowest BCUT2D eigenvalue weighted by molar-refractivity contribution is -0.139. The summed E-state index contributed by atoms with van der Waals surface area (Å²) in [6.45, 7) is 3.56. The maximum Gasteiger partial charge on any atom is 0.338 e. The van der Waals surface area contributed by atoms with Gasteiger partial charge in [-0.2, -0.15) is 10.4 Å². The summed E-state index contributed by atoms with van der Waals surface area (Å²) in [7, 11) is 0. The van der Waals surface area contributed by atoms with E-state index < -0.39 is 17.9 Å². The summed E-state index contributed by atoms with van der Waals surface area (Å²) < 4.78 is 19.0. The fourth-order valence-corrected chi connectivity index (χ4v) is 6.66. The molecule has 226 valence electrons. The molecule has 0 bridgehead atoms. The maximum absolute atomic E-state index is 12.8. The third kappa shape index (κ3) is 8.45. The van der Waals surface area contributed by atoms with Crippen molar-refractivity contribution in [1.29, 1.82) is 5.26 Å². The molecule has 1 aliphatic heterocycles. The second-order valence-corrected chi connectivity index (χ2v) is 12.1. The molecule has 4 rings (SSSR count). The fraction of sp³-hybridized carbons (Fsp3) is 0.194. The van der Waals surface area contributed by atoms with Crippen molar-refractivity contribution in [3.05, 3.63) is 101 Å². The molecule has 0 saturated heterocycles. The van der Waals surface area contributed by atoms with Crippen LogP contribution in [0.15, 0.2) is 77.0 Å². The summed E-state index contributed by atoms with van der Waals surface area (Å²) in [6, 6.07) is 19.7. The third-order valence-electron chi connectivity index (χ3n) is 6.29. The average molecular weight is 835 g/mol. The Morgan fingerprint density at radius 1 is 1.14 bits per heavy atom. The van der Waals surface area contributed by atoms with E-state index in [1.165, 1.54) is 6.21 Å². The number of ether oxygens (including phenoxy) is 3. The lowest BCUT2D eigenvalue weighted by Gasteiger charge is -2.30. The minimum atomic E-state index is -0.637. The van der Waals surface area contributed by atoms with Crippen LogP contribution < -0.4 is 25.5 Å². The van der Waals surface area contributed by atoms with Gasteiger partial charge >= 0.3 is 5.97 Å². The Bertz CT molecular complexity index is 1690. The second-order valence-electron chi connectivity index (χ2n) is 9.27. The van der Waals surface area contributed by atoms with Crippen LogP contribution in [-0.2, 0) is 20.9 Å². The Balaban J connectivity index is 1.45. The number of carbonyl (C=O) groups excluding carboxylic acids is 2. The molecular formula is C31H27I2N5O5S. The van der Waals surface area contributed by atoms with Crippen LogP contribution in [0, 0.1) is 18.5 Å². The maximum atomic E-state index is 12.8. The molecule has 1 heterocycles. The lowest BCUT2D eigenvalue weighted by atomic mass is 9.95. The van der Waals surface area contributed by atoms with Gasteiger partial charge in [-0.1, -0.05) is 36.4 Å². The molecule has 0 radical (unpaired) electrons. The fourth-order valence-electron chi connectivity index (χ4n) is 4.34. The average Bonchev–Trinajstić information content (AvgIpc) is 2.99. The van der Waals surface area contributed by atoms with Crippen LogP contribution in [0.2, 0.25) is 0 Å². The van der Waals surface area contributed by atoms with Crippen LogP contribution in [-0.4, -0.2) is 36.4 Å². The van der Waals surface area contributed by atoms with Crippen LogP contribution in [0.25, 0.3) is 0 Å². The molecule has 3 N–H and O–H groups in total. The van der Waals surface area contributed by atoms with Crippen molar-refractivity contribution in [2.45, 2.75) is 26.5 Å². The Kier molecular flexibility index (Phi) is 11.9. The monoisotopic (exact) mass is 835 g/mol. The van der Waals surface area contributed by atoms with E-state index in [9.17, 15) is 14.9 Å². The van der Waals surface area contributed by atoms with Gasteiger partial charge in [0.25, 0.3) is 5.91 Å². The molecular weight excluding hydrogens is 808 g/mol. The summed E-state index contributed by atoms with van der Waals surface area (Å²) in [6.07, 6.45) is 1.50. The lowest BCUT2D eigenvalue weighted by Crippen LogP contribution is -2.45. The van der Waals surface area contributed by atoms with Crippen molar-refractivity contribution >= 4 is 80.6 Å². The molecule has 0 saturated carbocycles. The summed E-state index contributed by atoms with van der Waals surface area (Å²) >= 11 is 9.70. The number of hydrogen-bond donors (Lipinski definition) is 3. The number of nitrogens with one attached hydrogen (secondary N) is 3.